The molecule has 1 aliphatic heterocycles. The van der Waals surface area contributed by atoms with E-state index < -0.39 is 11.4 Å². The summed E-state index contributed by atoms with van der Waals surface area (Å²) in [7, 11) is 1.58. The monoisotopic (exact) mass is 293 g/mol. The van der Waals surface area contributed by atoms with Crippen molar-refractivity contribution in [3.8, 4) is 5.88 Å². The second kappa shape index (κ2) is 5.87. The highest BCUT2D eigenvalue weighted by molar-refractivity contribution is 5.74. The molecule has 2 heterocycles. The van der Waals surface area contributed by atoms with Crippen LogP contribution in [0.25, 0.3) is 0 Å². The van der Waals surface area contributed by atoms with E-state index in [1.165, 1.54) is 0 Å². The SMILES string of the molecule is COc1cc(C)nc(N2CCCC(C(C)(C)C(=O)O)C2)n1. The number of ether oxygens (including phenoxy) is 1. The van der Waals surface area contributed by atoms with Gasteiger partial charge < -0.3 is 14.7 Å². The Kier molecular flexibility index (Phi) is 4.34. The molecule has 0 amide bonds. The zero-order valence-electron chi connectivity index (χ0n) is 13.1. The van der Waals surface area contributed by atoms with Gasteiger partial charge in [-0.25, -0.2) is 4.98 Å². The summed E-state index contributed by atoms with van der Waals surface area (Å²) in [5.74, 6) is 0.491. The molecule has 1 unspecified atom stereocenters. The second-order valence-electron chi connectivity index (χ2n) is 6.16. The highest BCUT2D eigenvalue weighted by Crippen LogP contribution is 2.35. The number of carbonyl (C=O) groups is 1. The van der Waals surface area contributed by atoms with E-state index in [0.29, 0.717) is 18.4 Å². The zero-order chi connectivity index (χ0) is 15.6. The first kappa shape index (κ1) is 15.5. The zero-order valence-corrected chi connectivity index (χ0v) is 13.1. The highest BCUT2D eigenvalue weighted by atomic mass is 16.5. The summed E-state index contributed by atoms with van der Waals surface area (Å²) in [5.41, 5.74) is 0.100. The van der Waals surface area contributed by atoms with Gasteiger partial charge in [0.15, 0.2) is 0 Å². The molecule has 1 saturated heterocycles. The van der Waals surface area contributed by atoms with Gasteiger partial charge in [0.25, 0.3) is 0 Å². The van der Waals surface area contributed by atoms with E-state index in [4.69, 9.17) is 4.74 Å². The van der Waals surface area contributed by atoms with Crippen molar-refractivity contribution in [2.24, 2.45) is 11.3 Å². The van der Waals surface area contributed by atoms with Crippen molar-refractivity contribution in [1.29, 1.82) is 0 Å². The average molecular weight is 293 g/mol. The van der Waals surface area contributed by atoms with Crippen LogP contribution in [-0.4, -0.2) is 41.2 Å². The van der Waals surface area contributed by atoms with Crippen molar-refractivity contribution >= 4 is 11.9 Å². The van der Waals surface area contributed by atoms with Crippen molar-refractivity contribution in [2.75, 3.05) is 25.1 Å². The van der Waals surface area contributed by atoms with Crippen molar-refractivity contribution in [2.45, 2.75) is 33.6 Å². The molecule has 1 aromatic heterocycles. The summed E-state index contributed by atoms with van der Waals surface area (Å²) >= 11 is 0. The number of hydrogen-bond donors (Lipinski definition) is 1. The van der Waals surface area contributed by atoms with Crippen molar-refractivity contribution < 1.29 is 14.6 Å². The molecule has 0 aliphatic carbocycles. The number of methoxy groups -OCH3 is 1. The van der Waals surface area contributed by atoms with Crippen LogP contribution in [0.2, 0.25) is 0 Å². The maximum Gasteiger partial charge on any atom is 0.309 e. The fraction of sp³-hybridized carbons (Fsp3) is 0.667. The minimum absolute atomic E-state index is 0.0823. The number of hydrogen-bond acceptors (Lipinski definition) is 5. The molecule has 6 nitrogen and oxygen atoms in total. The first-order valence-corrected chi connectivity index (χ1v) is 7.22. The number of aromatic nitrogens is 2. The minimum atomic E-state index is -0.753. The minimum Gasteiger partial charge on any atom is -0.481 e. The first-order valence-electron chi connectivity index (χ1n) is 7.22. The molecule has 1 atom stereocenters. The largest absolute Gasteiger partial charge is 0.481 e. The van der Waals surface area contributed by atoms with Gasteiger partial charge in [0, 0.05) is 24.8 Å². The Morgan fingerprint density at radius 3 is 2.81 bits per heavy atom. The van der Waals surface area contributed by atoms with Crippen LogP contribution in [0.4, 0.5) is 5.95 Å². The van der Waals surface area contributed by atoms with Gasteiger partial charge in [0.1, 0.15) is 0 Å². The average Bonchev–Trinajstić information content (AvgIpc) is 2.46. The molecular weight excluding hydrogens is 270 g/mol. The van der Waals surface area contributed by atoms with Gasteiger partial charge in [-0.3, -0.25) is 4.79 Å². The van der Waals surface area contributed by atoms with Gasteiger partial charge in [0.05, 0.1) is 12.5 Å². The Balaban J connectivity index is 2.22. The standard InChI is InChI=1S/C15H23N3O3/c1-10-8-12(21-4)17-14(16-10)18-7-5-6-11(9-18)15(2,3)13(19)20/h8,11H,5-7,9H2,1-4H3,(H,19,20). The fourth-order valence-corrected chi connectivity index (χ4v) is 2.69. The van der Waals surface area contributed by atoms with Gasteiger partial charge in [0.2, 0.25) is 11.8 Å². The molecule has 0 spiro atoms. The molecule has 2 rings (SSSR count). The number of aliphatic carboxylic acids is 1. The number of carboxylic acids is 1. The predicted octanol–water partition coefficient (Wildman–Crippen LogP) is 2.12. The van der Waals surface area contributed by atoms with Crippen LogP contribution < -0.4 is 9.64 Å². The smallest absolute Gasteiger partial charge is 0.309 e. The molecule has 21 heavy (non-hydrogen) atoms. The van der Waals surface area contributed by atoms with Crippen LogP contribution in [-0.2, 0) is 4.79 Å². The molecule has 6 heteroatoms. The van der Waals surface area contributed by atoms with Gasteiger partial charge >= 0.3 is 5.97 Å². The Bertz CT molecular complexity index is 531. The fourth-order valence-electron chi connectivity index (χ4n) is 2.69. The lowest BCUT2D eigenvalue weighted by atomic mass is 9.74. The third-order valence-electron chi connectivity index (χ3n) is 4.30. The van der Waals surface area contributed by atoms with E-state index in [2.05, 4.69) is 14.9 Å². The van der Waals surface area contributed by atoms with Crippen LogP contribution >= 0.6 is 0 Å². The van der Waals surface area contributed by atoms with E-state index in [0.717, 1.165) is 25.1 Å². The molecule has 0 saturated carbocycles. The Labute approximate surface area is 125 Å². The summed E-state index contributed by atoms with van der Waals surface area (Å²) in [5, 5.41) is 9.41. The Morgan fingerprint density at radius 1 is 1.48 bits per heavy atom. The maximum absolute atomic E-state index is 11.4. The van der Waals surface area contributed by atoms with E-state index >= 15 is 0 Å². The van der Waals surface area contributed by atoms with Crippen LogP contribution in [0.15, 0.2) is 6.07 Å². The summed E-state index contributed by atoms with van der Waals surface area (Å²) < 4.78 is 5.19. The van der Waals surface area contributed by atoms with E-state index in [-0.39, 0.29) is 5.92 Å². The Morgan fingerprint density at radius 2 is 2.19 bits per heavy atom. The quantitative estimate of drug-likeness (QED) is 0.916. The topological polar surface area (TPSA) is 75.5 Å². The molecular formula is C15H23N3O3. The van der Waals surface area contributed by atoms with Crippen LogP contribution in [0.5, 0.6) is 5.88 Å². The number of nitrogens with zero attached hydrogens (tertiary/aromatic N) is 3. The number of piperidine rings is 1. The van der Waals surface area contributed by atoms with Gasteiger partial charge in [-0.05, 0) is 39.5 Å². The second-order valence-corrected chi connectivity index (χ2v) is 6.16. The normalized spacial score (nSPS) is 19.4. The highest BCUT2D eigenvalue weighted by Gasteiger charge is 2.39. The molecule has 0 bridgehead atoms. The molecule has 1 aliphatic rings. The summed E-state index contributed by atoms with van der Waals surface area (Å²) in [6, 6.07) is 1.78. The molecule has 0 aromatic carbocycles. The van der Waals surface area contributed by atoms with Gasteiger partial charge in [-0.1, -0.05) is 0 Å². The molecule has 1 N–H and O–H groups in total. The van der Waals surface area contributed by atoms with Crippen LogP contribution in [0, 0.1) is 18.3 Å². The van der Waals surface area contributed by atoms with E-state index in [1.54, 1.807) is 27.0 Å². The third kappa shape index (κ3) is 3.25. The number of carboxylic acid groups (broad SMARTS) is 1. The Hall–Kier alpha value is -1.85. The van der Waals surface area contributed by atoms with Crippen molar-refractivity contribution in [3.63, 3.8) is 0 Å². The van der Waals surface area contributed by atoms with E-state index in [9.17, 15) is 9.90 Å². The lowest BCUT2D eigenvalue weighted by Gasteiger charge is -2.39. The number of anilines is 1. The molecule has 0 radical (unpaired) electrons. The molecule has 1 fully saturated rings. The van der Waals surface area contributed by atoms with Crippen molar-refractivity contribution in [1.82, 2.24) is 9.97 Å². The maximum atomic E-state index is 11.4. The summed E-state index contributed by atoms with van der Waals surface area (Å²) in [4.78, 5) is 22.3. The third-order valence-corrected chi connectivity index (χ3v) is 4.30. The van der Waals surface area contributed by atoms with Crippen molar-refractivity contribution in [3.05, 3.63) is 11.8 Å². The first-order chi connectivity index (χ1) is 9.84. The molecule has 1 aromatic rings. The summed E-state index contributed by atoms with van der Waals surface area (Å²) in [6.45, 7) is 6.99. The van der Waals surface area contributed by atoms with Crippen LogP contribution in [0.3, 0.4) is 0 Å². The predicted molar refractivity (Wildman–Crippen MR) is 79.7 cm³/mol. The van der Waals surface area contributed by atoms with Crippen LogP contribution in [0.1, 0.15) is 32.4 Å². The van der Waals surface area contributed by atoms with Gasteiger partial charge in [-0.15, -0.1) is 0 Å². The summed E-state index contributed by atoms with van der Waals surface area (Å²) in [6.07, 6.45) is 1.86. The number of rotatable bonds is 4. The van der Waals surface area contributed by atoms with E-state index in [1.807, 2.05) is 6.92 Å². The lowest BCUT2D eigenvalue weighted by Crippen LogP contribution is -2.45. The lowest BCUT2D eigenvalue weighted by molar-refractivity contribution is -0.150. The molecule has 116 valence electrons. The number of aryl methyl sites for hydroxylation is 1. The van der Waals surface area contributed by atoms with Gasteiger partial charge in [-0.2, -0.15) is 4.98 Å².